The number of fused-ring (bicyclic) bond motifs is 1. The van der Waals surface area contributed by atoms with Crippen LogP contribution in [0.15, 0.2) is 36.1 Å². The molecule has 0 unspecified atom stereocenters. The number of rotatable bonds is 6. The predicted octanol–water partition coefficient (Wildman–Crippen LogP) is 2.54. The molecule has 21 heavy (non-hydrogen) atoms. The molecule has 0 aliphatic rings. The Morgan fingerprint density at radius 3 is 2.86 bits per heavy atom. The summed E-state index contributed by atoms with van der Waals surface area (Å²) in [7, 11) is 1.97. The first-order valence-electron chi connectivity index (χ1n) is 7.06. The molecule has 0 radical (unpaired) electrons. The second-order valence-corrected chi connectivity index (χ2v) is 5.71. The first-order valence-corrected chi connectivity index (χ1v) is 7.94. The largest absolute Gasteiger partial charge is 0.351 e. The van der Waals surface area contributed by atoms with Crippen molar-refractivity contribution in [3.8, 4) is 0 Å². The first kappa shape index (κ1) is 14.0. The lowest BCUT2D eigenvalue weighted by Gasteiger charge is -2.22. The van der Waals surface area contributed by atoms with Gasteiger partial charge in [-0.2, -0.15) is 0 Å². The fourth-order valence-corrected chi connectivity index (χ4v) is 3.18. The van der Waals surface area contributed by atoms with Gasteiger partial charge in [-0.15, -0.1) is 11.3 Å². The fourth-order valence-electron chi connectivity index (χ4n) is 2.45. The fraction of sp³-hybridized carbons (Fsp3) is 0.333. The highest BCUT2D eigenvalue weighted by molar-refractivity contribution is 7.15. The number of imidazole rings is 1. The highest BCUT2D eigenvalue weighted by Crippen LogP contribution is 2.25. The van der Waals surface area contributed by atoms with E-state index in [9.17, 15) is 0 Å². The summed E-state index contributed by atoms with van der Waals surface area (Å²) in [4.78, 5) is 12.2. The van der Waals surface area contributed by atoms with E-state index in [2.05, 4.69) is 50.2 Å². The maximum absolute atomic E-state index is 4.81. The molecule has 5 nitrogen and oxygen atoms in total. The summed E-state index contributed by atoms with van der Waals surface area (Å²) in [5, 5.41) is 5.32. The summed E-state index contributed by atoms with van der Waals surface area (Å²) < 4.78 is 2.17. The van der Waals surface area contributed by atoms with Crippen LogP contribution in [0.25, 0.3) is 4.96 Å². The van der Waals surface area contributed by atoms with Crippen molar-refractivity contribution >= 4 is 22.1 Å². The van der Waals surface area contributed by atoms with Crippen molar-refractivity contribution in [3.63, 3.8) is 0 Å². The van der Waals surface area contributed by atoms with Crippen LogP contribution in [0.5, 0.6) is 0 Å². The average molecular weight is 301 g/mol. The minimum Gasteiger partial charge on any atom is -0.351 e. The lowest BCUT2D eigenvalue weighted by molar-refractivity contribution is 0.756. The van der Waals surface area contributed by atoms with Crippen LogP contribution in [0, 0.1) is 0 Å². The van der Waals surface area contributed by atoms with Crippen LogP contribution in [0.3, 0.4) is 0 Å². The molecule has 6 heteroatoms. The quantitative estimate of drug-likeness (QED) is 0.760. The maximum Gasteiger partial charge on any atom is 0.195 e. The first-order chi connectivity index (χ1) is 10.3. The van der Waals surface area contributed by atoms with Gasteiger partial charge < -0.3 is 10.2 Å². The molecule has 0 aliphatic carbocycles. The Labute approximate surface area is 128 Å². The van der Waals surface area contributed by atoms with Gasteiger partial charge in [0.15, 0.2) is 10.8 Å². The van der Waals surface area contributed by atoms with Crippen LogP contribution >= 0.6 is 11.3 Å². The molecular formula is C15H19N5S. The SMILES string of the molecule is CCN(Cc1ccncc1)c1nc2sccn2c1CNC. The van der Waals surface area contributed by atoms with Crippen molar-refractivity contribution in [2.24, 2.45) is 0 Å². The van der Waals surface area contributed by atoms with Crippen LogP contribution in [0.2, 0.25) is 0 Å². The van der Waals surface area contributed by atoms with Gasteiger partial charge in [0.2, 0.25) is 0 Å². The topological polar surface area (TPSA) is 45.5 Å². The van der Waals surface area contributed by atoms with E-state index < -0.39 is 0 Å². The molecule has 0 bridgehead atoms. The van der Waals surface area contributed by atoms with E-state index in [1.54, 1.807) is 11.3 Å². The van der Waals surface area contributed by atoms with Crippen LogP contribution in [0.1, 0.15) is 18.2 Å². The molecule has 0 atom stereocenters. The summed E-state index contributed by atoms with van der Waals surface area (Å²) in [5.74, 6) is 1.07. The molecule has 3 aromatic rings. The van der Waals surface area contributed by atoms with Gasteiger partial charge in [0.05, 0.1) is 5.69 Å². The van der Waals surface area contributed by atoms with Crippen molar-refractivity contribution in [3.05, 3.63) is 47.4 Å². The highest BCUT2D eigenvalue weighted by Gasteiger charge is 2.17. The van der Waals surface area contributed by atoms with Crippen molar-refractivity contribution in [2.45, 2.75) is 20.0 Å². The van der Waals surface area contributed by atoms with E-state index in [1.165, 1.54) is 11.3 Å². The summed E-state index contributed by atoms with van der Waals surface area (Å²) in [6.45, 7) is 4.74. The van der Waals surface area contributed by atoms with E-state index in [-0.39, 0.29) is 0 Å². The number of aromatic nitrogens is 3. The third kappa shape index (κ3) is 2.77. The Bertz CT molecular complexity index is 703. The summed E-state index contributed by atoms with van der Waals surface area (Å²) in [5.41, 5.74) is 2.46. The second-order valence-electron chi connectivity index (χ2n) is 4.84. The number of hydrogen-bond acceptors (Lipinski definition) is 5. The van der Waals surface area contributed by atoms with Crippen molar-refractivity contribution in [2.75, 3.05) is 18.5 Å². The number of nitrogens with zero attached hydrogens (tertiary/aromatic N) is 4. The van der Waals surface area contributed by atoms with E-state index in [4.69, 9.17) is 4.98 Å². The molecule has 0 aliphatic heterocycles. The summed E-state index contributed by atoms with van der Waals surface area (Å²) >= 11 is 1.67. The zero-order valence-electron chi connectivity index (χ0n) is 12.3. The normalized spacial score (nSPS) is 11.1. The molecule has 0 fully saturated rings. The molecule has 3 heterocycles. The molecule has 3 aromatic heterocycles. The van der Waals surface area contributed by atoms with E-state index in [0.29, 0.717) is 0 Å². The Balaban J connectivity index is 1.96. The molecule has 0 saturated heterocycles. The number of hydrogen-bond donors (Lipinski definition) is 1. The lowest BCUT2D eigenvalue weighted by atomic mass is 10.2. The molecule has 1 N–H and O–H groups in total. The van der Waals surface area contributed by atoms with Gasteiger partial charge in [-0.25, -0.2) is 4.98 Å². The van der Waals surface area contributed by atoms with E-state index in [1.807, 2.05) is 19.4 Å². The number of pyridine rings is 1. The Morgan fingerprint density at radius 1 is 1.33 bits per heavy atom. The van der Waals surface area contributed by atoms with E-state index >= 15 is 0 Å². The molecule has 0 saturated carbocycles. The Kier molecular flexibility index (Phi) is 4.17. The molecule has 0 amide bonds. The number of thiazole rings is 1. The van der Waals surface area contributed by atoms with Gasteiger partial charge in [-0.1, -0.05) is 0 Å². The molecular weight excluding hydrogens is 282 g/mol. The van der Waals surface area contributed by atoms with Gasteiger partial charge in [0.25, 0.3) is 0 Å². The van der Waals surface area contributed by atoms with Gasteiger partial charge >= 0.3 is 0 Å². The van der Waals surface area contributed by atoms with Gasteiger partial charge in [0, 0.05) is 43.6 Å². The third-order valence-electron chi connectivity index (χ3n) is 3.49. The molecule has 0 aromatic carbocycles. The summed E-state index contributed by atoms with van der Waals surface area (Å²) in [6, 6.07) is 4.11. The van der Waals surface area contributed by atoms with Crippen molar-refractivity contribution in [1.82, 2.24) is 19.7 Å². The van der Waals surface area contributed by atoms with Crippen molar-refractivity contribution < 1.29 is 0 Å². The smallest absolute Gasteiger partial charge is 0.195 e. The highest BCUT2D eigenvalue weighted by atomic mass is 32.1. The Hall–Kier alpha value is -1.92. The van der Waals surface area contributed by atoms with Crippen LogP contribution in [0.4, 0.5) is 5.82 Å². The van der Waals surface area contributed by atoms with Gasteiger partial charge in [0.1, 0.15) is 0 Å². The van der Waals surface area contributed by atoms with Crippen LogP contribution in [-0.2, 0) is 13.1 Å². The Morgan fingerprint density at radius 2 is 2.14 bits per heavy atom. The molecule has 0 spiro atoms. The second kappa shape index (κ2) is 6.24. The van der Waals surface area contributed by atoms with Crippen molar-refractivity contribution in [1.29, 1.82) is 0 Å². The zero-order chi connectivity index (χ0) is 14.7. The summed E-state index contributed by atoms with van der Waals surface area (Å²) in [6.07, 6.45) is 5.76. The van der Waals surface area contributed by atoms with Crippen LogP contribution in [-0.4, -0.2) is 28.0 Å². The van der Waals surface area contributed by atoms with Gasteiger partial charge in [-0.3, -0.25) is 9.38 Å². The zero-order valence-corrected chi connectivity index (χ0v) is 13.1. The minimum absolute atomic E-state index is 0.806. The van der Waals surface area contributed by atoms with E-state index in [0.717, 1.165) is 30.4 Å². The van der Waals surface area contributed by atoms with Crippen LogP contribution < -0.4 is 10.2 Å². The number of anilines is 1. The maximum atomic E-state index is 4.81. The van der Waals surface area contributed by atoms with Gasteiger partial charge in [-0.05, 0) is 31.7 Å². The predicted molar refractivity (Wildman–Crippen MR) is 86.8 cm³/mol. The lowest BCUT2D eigenvalue weighted by Crippen LogP contribution is -2.24. The third-order valence-corrected chi connectivity index (χ3v) is 4.24. The average Bonchev–Trinajstić information content (AvgIpc) is 3.09. The monoisotopic (exact) mass is 301 g/mol. The standard InChI is InChI=1S/C15H19N5S/c1-3-19(11-12-4-6-17-7-5-12)14-13(10-16-2)20-8-9-21-15(20)18-14/h4-9,16H,3,10-11H2,1-2H3. The molecule has 3 rings (SSSR count). The number of nitrogens with one attached hydrogen (secondary N) is 1. The minimum atomic E-state index is 0.806. The molecule has 110 valence electrons.